The van der Waals surface area contributed by atoms with Crippen LogP contribution < -0.4 is 5.73 Å². The predicted octanol–water partition coefficient (Wildman–Crippen LogP) is 4.08. The number of nitrogens with zero attached hydrogens (tertiary/aromatic N) is 2. The third kappa shape index (κ3) is 2.08. The molecule has 0 atom stereocenters. The van der Waals surface area contributed by atoms with Gasteiger partial charge in [0.1, 0.15) is 5.65 Å². The van der Waals surface area contributed by atoms with E-state index in [2.05, 4.69) is 0 Å². The predicted molar refractivity (Wildman–Crippen MR) is 83.3 cm³/mol. The molecule has 3 rings (SSSR count). The summed E-state index contributed by atoms with van der Waals surface area (Å²) in [4.78, 5) is 4.70. The summed E-state index contributed by atoms with van der Waals surface area (Å²) in [5.74, 6) is 0. The van der Waals surface area contributed by atoms with Crippen molar-refractivity contribution >= 4 is 28.8 Å². The van der Waals surface area contributed by atoms with E-state index in [9.17, 15) is 0 Å². The molecule has 20 heavy (non-hydrogen) atoms. The lowest BCUT2D eigenvalue weighted by Gasteiger charge is -2.05. The number of aryl methyl sites for hydroxylation is 1. The number of imidazole rings is 1. The van der Waals surface area contributed by atoms with Crippen LogP contribution in [-0.4, -0.2) is 9.38 Å². The maximum absolute atomic E-state index is 6.29. The molecule has 102 valence electrons. The van der Waals surface area contributed by atoms with Crippen LogP contribution in [0.1, 0.15) is 11.3 Å². The maximum atomic E-state index is 6.29. The first kappa shape index (κ1) is 13.4. The van der Waals surface area contributed by atoms with Crippen molar-refractivity contribution in [1.82, 2.24) is 9.38 Å². The minimum Gasteiger partial charge on any atom is -0.325 e. The molecule has 0 fully saturated rings. The normalized spacial score (nSPS) is 11.2. The van der Waals surface area contributed by atoms with Crippen LogP contribution in [0.25, 0.3) is 16.9 Å². The Hall–Kier alpha value is -1.55. The SMILES string of the molecule is Cc1cccn2c(CN)c(-c3ccc(Cl)cc3Cl)nc12. The Bertz CT molecular complexity index is 793. The van der Waals surface area contributed by atoms with Gasteiger partial charge < -0.3 is 10.1 Å². The van der Waals surface area contributed by atoms with Gasteiger partial charge in [-0.2, -0.15) is 0 Å². The minimum atomic E-state index is 0.388. The van der Waals surface area contributed by atoms with Crippen LogP contribution in [0, 0.1) is 6.92 Å². The quantitative estimate of drug-likeness (QED) is 0.775. The van der Waals surface area contributed by atoms with Gasteiger partial charge in [0.05, 0.1) is 16.4 Å². The number of benzene rings is 1. The van der Waals surface area contributed by atoms with Crippen molar-refractivity contribution in [2.45, 2.75) is 13.5 Å². The fraction of sp³-hybridized carbons (Fsp3) is 0.133. The highest BCUT2D eigenvalue weighted by Gasteiger charge is 2.16. The van der Waals surface area contributed by atoms with Gasteiger partial charge in [0.25, 0.3) is 0 Å². The highest BCUT2D eigenvalue weighted by molar-refractivity contribution is 6.36. The zero-order valence-corrected chi connectivity index (χ0v) is 12.4. The largest absolute Gasteiger partial charge is 0.325 e. The van der Waals surface area contributed by atoms with E-state index in [4.69, 9.17) is 33.9 Å². The summed E-state index contributed by atoms with van der Waals surface area (Å²) in [6, 6.07) is 9.41. The molecule has 0 spiro atoms. The summed E-state index contributed by atoms with van der Waals surface area (Å²) in [6.07, 6.45) is 1.96. The van der Waals surface area contributed by atoms with Crippen molar-refractivity contribution in [3.05, 3.63) is 57.8 Å². The van der Waals surface area contributed by atoms with Gasteiger partial charge in [-0.05, 0) is 36.8 Å². The van der Waals surface area contributed by atoms with E-state index in [1.54, 1.807) is 12.1 Å². The van der Waals surface area contributed by atoms with E-state index in [0.29, 0.717) is 16.6 Å². The van der Waals surface area contributed by atoms with Gasteiger partial charge in [0.15, 0.2) is 0 Å². The van der Waals surface area contributed by atoms with Crippen molar-refractivity contribution in [2.75, 3.05) is 0 Å². The Morgan fingerprint density at radius 3 is 2.75 bits per heavy atom. The van der Waals surface area contributed by atoms with Crippen LogP contribution in [0.15, 0.2) is 36.5 Å². The molecule has 0 saturated carbocycles. The summed E-state index contributed by atoms with van der Waals surface area (Å²) >= 11 is 12.2. The van der Waals surface area contributed by atoms with Crippen LogP contribution >= 0.6 is 23.2 Å². The van der Waals surface area contributed by atoms with Gasteiger partial charge in [-0.3, -0.25) is 0 Å². The van der Waals surface area contributed by atoms with E-state index in [1.165, 1.54) is 0 Å². The van der Waals surface area contributed by atoms with Crippen molar-refractivity contribution in [1.29, 1.82) is 0 Å². The summed E-state index contributed by atoms with van der Waals surface area (Å²) in [5.41, 5.74) is 10.5. The zero-order chi connectivity index (χ0) is 14.3. The van der Waals surface area contributed by atoms with Gasteiger partial charge in [0.2, 0.25) is 0 Å². The number of fused-ring (bicyclic) bond motifs is 1. The molecule has 2 N–H and O–H groups in total. The number of pyridine rings is 1. The lowest BCUT2D eigenvalue weighted by molar-refractivity contribution is 0.959. The molecule has 0 aliphatic heterocycles. The van der Waals surface area contributed by atoms with Crippen LogP contribution in [0.5, 0.6) is 0 Å². The molecule has 2 aromatic heterocycles. The number of aromatic nitrogens is 2. The Labute approximate surface area is 127 Å². The molecule has 0 aliphatic carbocycles. The molecule has 5 heteroatoms. The van der Waals surface area contributed by atoms with Gasteiger partial charge in [-0.1, -0.05) is 29.3 Å². The summed E-state index contributed by atoms with van der Waals surface area (Å²) in [5, 5.41) is 1.18. The molecular formula is C15H13Cl2N3. The van der Waals surface area contributed by atoms with Crippen molar-refractivity contribution in [2.24, 2.45) is 5.73 Å². The van der Waals surface area contributed by atoms with Crippen molar-refractivity contribution in [3.63, 3.8) is 0 Å². The highest BCUT2D eigenvalue weighted by atomic mass is 35.5. The van der Waals surface area contributed by atoms with Crippen molar-refractivity contribution < 1.29 is 0 Å². The molecule has 3 nitrogen and oxygen atoms in total. The molecular weight excluding hydrogens is 293 g/mol. The molecule has 3 aromatic rings. The molecule has 0 saturated heterocycles. The first-order chi connectivity index (χ1) is 9.61. The zero-order valence-electron chi connectivity index (χ0n) is 10.9. The fourth-order valence-corrected chi connectivity index (χ4v) is 2.84. The van der Waals surface area contributed by atoms with Gasteiger partial charge >= 0.3 is 0 Å². The third-order valence-corrected chi connectivity index (χ3v) is 3.87. The minimum absolute atomic E-state index is 0.388. The van der Waals surface area contributed by atoms with E-state index < -0.39 is 0 Å². The van der Waals surface area contributed by atoms with E-state index >= 15 is 0 Å². The second-order valence-electron chi connectivity index (χ2n) is 4.62. The Morgan fingerprint density at radius 1 is 1.25 bits per heavy atom. The van der Waals surface area contributed by atoms with E-state index in [0.717, 1.165) is 28.2 Å². The summed E-state index contributed by atoms with van der Waals surface area (Å²) in [6.45, 7) is 2.41. The molecule has 2 heterocycles. The van der Waals surface area contributed by atoms with Crippen LogP contribution in [0.2, 0.25) is 10.0 Å². The fourth-order valence-electron chi connectivity index (χ4n) is 2.35. The standard InChI is InChI=1S/C15H13Cl2N3/c1-9-3-2-6-20-13(8-18)14(19-15(9)20)11-5-4-10(16)7-12(11)17/h2-7H,8,18H2,1H3. The second kappa shape index (κ2) is 5.09. The first-order valence-corrected chi connectivity index (χ1v) is 6.99. The number of hydrogen-bond donors (Lipinski definition) is 1. The topological polar surface area (TPSA) is 43.3 Å². The van der Waals surface area contributed by atoms with Crippen molar-refractivity contribution in [3.8, 4) is 11.3 Å². The lowest BCUT2D eigenvalue weighted by Crippen LogP contribution is -2.02. The lowest BCUT2D eigenvalue weighted by atomic mass is 10.1. The maximum Gasteiger partial charge on any atom is 0.140 e. The second-order valence-corrected chi connectivity index (χ2v) is 5.46. The summed E-state index contributed by atoms with van der Waals surface area (Å²) in [7, 11) is 0. The number of nitrogens with two attached hydrogens (primary N) is 1. The highest BCUT2D eigenvalue weighted by Crippen LogP contribution is 2.32. The van der Waals surface area contributed by atoms with Crippen LogP contribution in [-0.2, 0) is 6.54 Å². The average molecular weight is 306 g/mol. The Balaban J connectivity index is 2.33. The third-order valence-electron chi connectivity index (χ3n) is 3.32. The van der Waals surface area contributed by atoms with Gasteiger partial charge in [0, 0.05) is 23.3 Å². The molecule has 1 aromatic carbocycles. The Kier molecular flexibility index (Phi) is 3.42. The monoisotopic (exact) mass is 305 g/mol. The molecule has 0 bridgehead atoms. The average Bonchev–Trinajstić information content (AvgIpc) is 2.78. The number of rotatable bonds is 2. The van der Waals surface area contributed by atoms with Crippen LogP contribution in [0.4, 0.5) is 0 Å². The first-order valence-electron chi connectivity index (χ1n) is 6.24. The molecule has 0 amide bonds. The van der Waals surface area contributed by atoms with Crippen LogP contribution in [0.3, 0.4) is 0 Å². The van der Waals surface area contributed by atoms with Gasteiger partial charge in [-0.15, -0.1) is 0 Å². The molecule has 0 unspecified atom stereocenters. The summed E-state index contributed by atoms with van der Waals surface area (Å²) < 4.78 is 2.01. The number of halogens is 2. The Morgan fingerprint density at radius 2 is 2.05 bits per heavy atom. The molecule has 0 radical (unpaired) electrons. The smallest absolute Gasteiger partial charge is 0.140 e. The molecule has 0 aliphatic rings. The van der Waals surface area contributed by atoms with E-state index in [-0.39, 0.29) is 0 Å². The van der Waals surface area contributed by atoms with E-state index in [1.807, 2.05) is 35.7 Å². The van der Waals surface area contributed by atoms with Gasteiger partial charge in [-0.25, -0.2) is 4.98 Å². The number of hydrogen-bond acceptors (Lipinski definition) is 2.